The van der Waals surface area contributed by atoms with Crippen molar-refractivity contribution in [3.8, 4) is 0 Å². The standard InChI is InChI=1S/C26H30N2O4/c1-19-16-24(29)28(25(19)30)23-12-6-5-11-22(23)26(31)32-18-21-10-7-14-27(17-21)15-13-20-8-3-2-4-9-20/h2-6,8-9,11-12,19,21H,7,10,13-18H2,1H3/t19-,21-/m0/s1. The first-order valence-corrected chi connectivity index (χ1v) is 11.4. The molecule has 0 saturated carbocycles. The molecule has 2 amide bonds. The summed E-state index contributed by atoms with van der Waals surface area (Å²) >= 11 is 0. The highest BCUT2D eigenvalue weighted by Gasteiger charge is 2.38. The van der Waals surface area contributed by atoms with E-state index in [1.807, 2.05) is 6.07 Å². The van der Waals surface area contributed by atoms with Gasteiger partial charge in [-0.05, 0) is 43.5 Å². The van der Waals surface area contributed by atoms with Crippen molar-refractivity contribution in [2.45, 2.75) is 32.6 Å². The summed E-state index contributed by atoms with van der Waals surface area (Å²) in [6.45, 7) is 5.04. The first-order valence-electron chi connectivity index (χ1n) is 11.4. The Morgan fingerprint density at radius 3 is 2.56 bits per heavy atom. The number of carbonyl (C=O) groups excluding carboxylic acids is 3. The lowest BCUT2D eigenvalue weighted by molar-refractivity contribution is -0.122. The first kappa shape index (κ1) is 22.2. The summed E-state index contributed by atoms with van der Waals surface area (Å²) in [6.07, 6.45) is 3.29. The van der Waals surface area contributed by atoms with Crippen molar-refractivity contribution >= 4 is 23.5 Å². The first-order chi connectivity index (χ1) is 15.5. The van der Waals surface area contributed by atoms with E-state index >= 15 is 0 Å². The van der Waals surface area contributed by atoms with E-state index in [1.54, 1.807) is 31.2 Å². The van der Waals surface area contributed by atoms with Gasteiger partial charge in [-0.3, -0.25) is 9.59 Å². The molecule has 32 heavy (non-hydrogen) atoms. The molecule has 0 N–H and O–H groups in total. The summed E-state index contributed by atoms with van der Waals surface area (Å²) in [7, 11) is 0. The van der Waals surface area contributed by atoms with Crippen LogP contribution in [0, 0.1) is 11.8 Å². The number of hydrogen-bond donors (Lipinski definition) is 0. The van der Waals surface area contributed by atoms with E-state index in [1.165, 1.54) is 5.56 Å². The molecule has 2 heterocycles. The topological polar surface area (TPSA) is 66.9 Å². The average Bonchev–Trinajstić information content (AvgIpc) is 3.08. The Kier molecular flexibility index (Phi) is 7.00. The van der Waals surface area contributed by atoms with E-state index in [2.05, 4.69) is 29.2 Å². The number of amides is 2. The monoisotopic (exact) mass is 434 g/mol. The number of imide groups is 1. The quantitative estimate of drug-likeness (QED) is 0.491. The number of anilines is 1. The molecule has 0 aromatic heterocycles. The van der Waals surface area contributed by atoms with Gasteiger partial charge in [0.25, 0.3) is 0 Å². The van der Waals surface area contributed by atoms with E-state index in [-0.39, 0.29) is 35.6 Å². The van der Waals surface area contributed by atoms with E-state index in [9.17, 15) is 14.4 Å². The normalized spacial score (nSPS) is 21.7. The molecule has 168 valence electrons. The van der Waals surface area contributed by atoms with Crippen LogP contribution in [0.5, 0.6) is 0 Å². The minimum atomic E-state index is -0.484. The van der Waals surface area contributed by atoms with Gasteiger partial charge in [-0.1, -0.05) is 49.4 Å². The Labute approximate surface area is 189 Å². The van der Waals surface area contributed by atoms with Gasteiger partial charge in [0.05, 0.1) is 17.9 Å². The highest BCUT2D eigenvalue weighted by atomic mass is 16.5. The van der Waals surface area contributed by atoms with E-state index < -0.39 is 5.97 Å². The Balaban J connectivity index is 1.34. The number of esters is 1. The number of ether oxygens (including phenoxy) is 1. The molecule has 4 rings (SSSR count). The Hall–Kier alpha value is -2.99. The summed E-state index contributed by atoms with van der Waals surface area (Å²) in [5, 5.41) is 0. The second-order valence-electron chi connectivity index (χ2n) is 8.83. The zero-order valence-electron chi connectivity index (χ0n) is 18.5. The third kappa shape index (κ3) is 5.07. The molecule has 2 atom stereocenters. The smallest absolute Gasteiger partial charge is 0.340 e. The molecule has 2 aromatic rings. The number of carbonyl (C=O) groups is 3. The van der Waals surface area contributed by atoms with Crippen molar-refractivity contribution in [2.24, 2.45) is 11.8 Å². The summed E-state index contributed by atoms with van der Waals surface area (Å²) in [5.41, 5.74) is 1.92. The Bertz CT molecular complexity index is 975. The molecule has 2 aromatic carbocycles. The van der Waals surface area contributed by atoms with Crippen LogP contribution in [0.25, 0.3) is 0 Å². The molecule has 0 radical (unpaired) electrons. The van der Waals surface area contributed by atoms with Gasteiger partial charge in [0.15, 0.2) is 0 Å². The van der Waals surface area contributed by atoms with Crippen molar-refractivity contribution in [2.75, 3.05) is 31.1 Å². The molecule has 2 fully saturated rings. The SMILES string of the molecule is C[C@H]1CC(=O)N(c2ccccc2C(=O)OC[C@H]2CCCN(CCc3ccccc3)C2)C1=O. The van der Waals surface area contributed by atoms with Crippen molar-refractivity contribution in [1.29, 1.82) is 0 Å². The highest BCUT2D eigenvalue weighted by molar-refractivity contribution is 6.22. The zero-order chi connectivity index (χ0) is 22.5. The fraction of sp³-hybridized carbons (Fsp3) is 0.423. The highest BCUT2D eigenvalue weighted by Crippen LogP contribution is 2.29. The van der Waals surface area contributed by atoms with Gasteiger partial charge in [0.2, 0.25) is 11.8 Å². The lowest BCUT2D eigenvalue weighted by Crippen LogP contribution is -2.38. The zero-order valence-corrected chi connectivity index (χ0v) is 18.5. The average molecular weight is 435 g/mol. The number of likely N-dealkylation sites (tertiary alicyclic amines) is 1. The predicted molar refractivity (Wildman–Crippen MR) is 122 cm³/mol. The molecular formula is C26H30N2O4. The molecule has 0 unspecified atom stereocenters. The van der Waals surface area contributed by atoms with E-state index in [4.69, 9.17) is 4.74 Å². The van der Waals surface area contributed by atoms with Gasteiger partial charge >= 0.3 is 5.97 Å². The molecule has 0 spiro atoms. The molecule has 0 bridgehead atoms. The van der Waals surface area contributed by atoms with E-state index in [0.29, 0.717) is 12.3 Å². The minimum absolute atomic E-state index is 0.170. The van der Waals surface area contributed by atoms with Crippen LogP contribution in [-0.2, 0) is 20.7 Å². The fourth-order valence-electron chi connectivity index (χ4n) is 4.57. The van der Waals surface area contributed by atoms with Crippen LogP contribution < -0.4 is 4.90 Å². The van der Waals surface area contributed by atoms with Gasteiger partial charge < -0.3 is 9.64 Å². The third-order valence-electron chi connectivity index (χ3n) is 6.35. The lowest BCUT2D eigenvalue weighted by Gasteiger charge is -2.32. The molecule has 2 aliphatic rings. The van der Waals surface area contributed by atoms with Crippen LogP contribution in [-0.4, -0.2) is 48.9 Å². The number of hydrogen-bond acceptors (Lipinski definition) is 5. The minimum Gasteiger partial charge on any atom is -0.462 e. The second kappa shape index (κ2) is 10.1. The Morgan fingerprint density at radius 1 is 1.06 bits per heavy atom. The summed E-state index contributed by atoms with van der Waals surface area (Å²) in [6, 6.07) is 17.2. The number of piperidine rings is 1. The van der Waals surface area contributed by atoms with Crippen molar-refractivity contribution in [3.05, 3.63) is 65.7 Å². The molecular weight excluding hydrogens is 404 g/mol. The molecule has 6 heteroatoms. The van der Waals surface area contributed by atoms with Crippen LogP contribution in [0.4, 0.5) is 5.69 Å². The van der Waals surface area contributed by atoms with Crippen LogP contribution in [0.2, 0.25) is 0 Å². The molecule has 2 aliphatic heterocycles. The number of rotatable bonds is 7. The van der Waals surface area contributed by atoms with Crippen molar-refractivity contribution < 1.29 is 19.1 Å². The molecule has 0 aliphatic carbocycles. The number of para-hydroxylation sites is 1. The largest absolute Gasteiger partial charge is 0.462 e. The summed E-state index contributed by atoms with van der Waals surface area (Å²) < 4.78 is 5.66. The van der Waals surface area contributed by atoms with Gasteiger partial charge in [-0.15, -0.1) is 0 Å². The van der Waals surface area contributed by atoms with Crippen molar-refractivity contribution in [1.82, 2.24) is 4.90 Å². The van der Waals surface area contributed by atoms with Crippen LogP contribution >= 0.6 is 0 Å². The molecule has 6 nitrogen and oxygen atoms in total. The second-order valence-corrected chi connectivity index (χ2v) is 8.83. The van der Waals surface area contributed by atoms with E-state index in [0.717, 1.165) is 43.8 Å². The van der Waals surface area contributed by atoms with Crippen LogP contribution in [0.3, 0.4) is 0 Å². The van der Waals surface area contributed by atoms with Gasteiger partial charge in [-0.2, -0.15) is 0 Å². The molecule has 2 saturated heterocycles. The lowest BCUT2D eigenvalue weighted by atomic mass is 9.98. The summed E-state index contributed by atoms with van der Waals surface area (Å²) in [4.78, 5) is 41.2. The fourth-order valence-corrected chi connectivity index (χ4v) is 4.57. The third-order valence-corrected chi connectivity index (χ3v) is 6.35. The number of benzene rings is 2. The van der Waals surface area contributed by atoms with Gasteiger partial charge in [0, 0.05) is 31.3 Å². The van der Waals surface area contributed by atoms with Gasteiger partial charge in [0.1, 0.15) is 0 Å². The Morgan fingerprint density at radius 2 is 1.81 bits per heavy atom. The predicted octanol–water partition coefficient (Wildman–Crippen LogP) is 3.70. The maximum atomic E-state index is 12.9. The maximum Gasteiger partial charge on any atom is 0.340 e. The van der Waals surface area contributed by atoms with Gasteiger partial charge in [-0.25, -0.2) is 9.69 Å². The number of nitrogens with zero attached hydrogens (tertiary/aromatic N) is 2. The van der Waals surface area contributed by atoms with Crippen molar-refractivity contribution in [3.63, 3.8) is 0 Å². The summed E-state index contributed by atoms with van der Waals surface area (Å²) in [5.74, 6) is -1.11. The van der Waals surface area contributed by atoms with Crippen LogP contribution in [0.1, 0.15) is 42.1 Å². The van der Waals surface area contributed by atoms with Crippen LogP contribution in [0.15, 0.2) is 54.6 Å². The maximum absolute atomic E-state index is 12.9.